The van der Waals surface area contributed by atoms with Crippen molar-refractivity contribution >= 4 is 0 Å². The summed E-state index contributed by atoms with van der Waals surface area (Å²) in [5.74, 6) is 3.27. The molecule has 2 nitrogen and oxygen atoms in total. The Hall–Kier alpha value is -1.49. The first-order chi connectivity index (χ1) is 5.36. The van der Waals surface area contributed by atoms with Crippen LogP contribution in [0.5, 0.6) is 5.75 Å². The lowest BCUT2D eigenvalue weighted by Crippen LogP contribution is -1.88. The van der Waals surface area contributed by atoms with Gasteiger partial charge >= 0.3 is 0 Å². The second-order valence-corrected chi connectivity index (χ2v) is 2.07. The average Bonchev–Trinajstić information content (AvgIpc) is 2.07. The van der Waals surface area contributed by atoms with Gasteiger partial charge in [-0.15, -0.1) is 12.3 Å². The van der Waals surface area contributed by atoms with Gasteiger partial charge < -0.3 is 4.74 Å². The minimum absolute atomic E-state index is 0.573. The summed E-state index contributed by atoms with van der Waals surface area (Å²) >= 11 is 0. The van der Waals surface area contributed by atoms with Crippen molar-refractivity contribution in [3.63, 3.8) is 0 Å². The molecule has 1 rings (SSSR count). The second kappa shape index (κ2) is 3.62. The topological polar surface area (TPSA) is 22.1 Å². The molecule has 0 saturated carbocycles. The van der Waals surface area contributed by atoms with Gasteiger partial charge in [-0.05, 0) is 12.1 Å². The monoisotopic (exact) mass is 147 g/mol. The van der Waals surface area contributed by atoms with Crippen molar-refractivity contribution in [1.82, 2.24) is 4.98 Å². The summed E-state index contributed by atoms with van der Waals surface area (Å²) < 4.78 is 4.93. The number of hydrogen-bond acceptors (Lipinski definition) is 2. The zero-order valence-electron chi connectivity index (χ0n) is 6.37. The van der Waals surface area contributed by atoms with Crippen molar-refractivity contribution < 1.29 is 4.74 Å². The van der Waals surface area contributed by atoms with Gasteiger partial charge in [0.2, 0.25) is 0 Å². The van der Waals surface area contributed by atoms with Crippen LogP contribution >= 0.6 is 0 Å². The van der Waals surface area contributed by atoms with Crippen molar-refractivity contribution in [3.05, 3.63) is 24.0 Å². The van der Waals surface area contributed by atoms with Crippen LogP contribution in [0.3, 0.4) is 0 Å². The Morgan fingerprint density at radius 2 is 2.45 bits per heavy atom. The predicted octanol–water partition coefficient (Wildman–Crippen LogP) is 1.27. The SMILES string of the molecule is C#CCc1ccc(OC)cn1. The number of nitrogens with zero attached hydrogens (tertiary/aromatic N) is 1. The molecule has 2 heteroatoms. The summed E-state index contributed by atoms with van der Waals surface area (Å²) in [6, 6.07) is 3.71. The van der Waals surface area contributed by atoms with Crippen LogP contribution in [0, 0.1) is 12.3 Å². The van der Waals surface area contributed by atoms with Crippen LogP contribution in [0.15, 0.2) is 18.3 Å². The van der Waals surface area contributed by atoms with E-state index in [9.17, 15) is 0 Å². The van der Waals surface area contributed by atoms with E-state index in [0.29, 0.717) is 6.42 Å². The lowest BCUT2D eigenvalue weighted by molar-refractivity contribution is 0.412. The lowest BCUT2D eigenvalue weighted by atomic mass is 10.3. The molecule has 0 spiro atoms. The molecular formula is C9H9NO. The Labute approximate surface area is 66.2 Å². The van der Waals surface area contributed by atoms with E-state index in [-0.39, 0.29) is 0 Å². The molecule has 0 aromatic carbocycles. The highest BCUT2D eigenvalue weighted by Gasteiger charge is 1.91. The summed E-state index contributed by atoms with van der Waals surface area (Å²) in [4.78, 5) is 4.07. The van der Waals surface area contributed by atoms with Crippen molar-refractivity contribution in [2.45, 2.75) is 6.42 Å². The van der Waals surface area contributed by atoms with Crippen LogP contribution in [0.2, 0.25) is 0 Å². The van der Waals surface area contributed by atoms with Crippen LogP contribution in [0.25, 0.3) is 0 Å². The second-order valence-electron chi connectivity index (χ2n) is 2.07. The smallest absolute Gasteiger partial charge is 0.137 e. The van der Waals surface area contributed by atoms with E-state index in [1.165, 1.54) is 0 Å². The number of methoxy groups -OCH3 is 1. The Kier molecular flexibility index (Phi) is 2.51. The molecule has 56 valence electrons. The molecule has 0 atom stereocenters. The molecule has 0 bridgehead atoms. The quantitative estimate of drug-likeness (QED) is 0.587. The highest BCUT2D eigenvalue weighted by atomic mass is 16.5. The highest BCUT2D eigenvalue weighted by Crippen LogP contribution is 2.07. The molecule has 0 aliphatic rings. The molecule has 1 heterocycles. The normalized spacial score (nSPS) is 8.73. The van der Waals surface area contributed by atoms with Gasteiger partial charge in [-0.25, -0.2) is 0 Å². The van der Waals surface area contributed by atoms with Gasteiger partial charge in [0.25, 0.3) is 0 Å². The third-order valence-electron chi connectivity index (χ3n) is 1.32. The van der Waals surface area contributed by atoms with Gasteiger partial charge in [-0.1, -0.05) is 0 Å². The van der Waals surface area contributed by atoms with Gasteiger partial charge in [-0.2, -0.15) is 0 Å². The first-order valence-corrected chi connectivity index (χ1v) is 3.29. The molecule has 0 fully saturated rings. The fourth-order valence-corrected chi connectivity index (χ4v) is 0.741. The average molecular weight is 147 g/mol. The van der Waals surface area contributed by atoms with Crippen LogP contribution in [-0.4, -0.2) is 12.1 Å². The van der Waals surface area contributed by atoms with Gasteiger partial charge in [-0.3, -0.25) is 4.98 Å². The Morgan fingerprint density at radius 3 is 2.91 bits per heavy atom. The molecule has 11 heavy (non-hydrogen) atoms. The van der Waals surface area contributed by atoms with Crippen LogP contribution in [-0.2, 0) is 6.42 Å². The van der Waals surface area contributed by atoms with Crippen molar-refractivity contribution in [1.29, 1.82) is 0 Å². The van der Waals surface area contributed by atoms with E-state index in [2.05, 4.69) is 10.9 Å². The Bertz CT molecular complexity index is 258. The molecule has 0 radical (unpaired) electrons. The number of ether oxygens (including phenoxy) is 1. The first-order valence-electron chi connectivity index (χ1n) is 3.29. The van der Waals surface area contributed by atoms with Gasteiger partial charge in [0.05, 0.1) is 25.4 Å². The van der Waals surface area contributed by atoms with Crippen LogP contribution < -0.4 is 4.74 Å². The standard InChI is InChI=1S/C9H9NO/c1-3-4-8-5-6-9(11-2)7-10-8/h1,5-7H,4H2,2H3. The number of rotatable bonds is 2. The maximum atomic E-state index is 5.11. The molecule has 0 unspecified atom stereocenters. The number of terminal acetylenes is 1. The summed E-state index contributed by atoms with van der Waals surface area (Å²) in [6.07, 6.45) is 7.34. The summed E-state index contributed by atoms with van der Waals surface area (Å²) in [7, 11) is 1.61. The highest BCUT2D eigenvalue weighted by molar-refractivity contribution is 5.21. The fraction of sp³-hybridized carbons (Fsp3) is 0.222. The minimum atomic E-state index is 0.573. The third kappa shape index (κ3) is 1.98. The molecule has 0 N–H and O–H groups in total. The van der Waals surface area contributed by atoms with E-state index in [4.69, 9.17) is 11.2 Å². The van der Waals surface area contributed by atoms with E-state index in [1.807, 2.05) is 12.1 Å². The Balaban J connectivity index is 2.76. The van der Waals surface area contributed by atoms with Crippen molar-refractivity contribution in [2.75, 3.05) is 7.11 Å². The maximum absolute atomic E-state index is 5.11. The Morgan fingerprint density at radius 1 is 1.64 bits per heavy atom. The van der Waals surface area contributed by atoms with E-state index < -0.39 is 0 Å². The van der Waals surface area contributed by atoms with Crippen LogP contribution in [0.4, 0.5) is 0 Å². The molecular weight excluding hydrogens is 138 g/mol. The van der Waals surface area contributed by atoms with Crippen molar-refractivity contribution in [3.8, 4) is 18.1 Å². The summed E-state index contributed by atoms with van der Waals surface area (Å²) in [5.41, 5.74) is 0.897. The van der Waals surface area contributed by atoms with Gasteiger partial charge in [0, 0.05) is 0 Å². The van der Waals surface area contributed by atoms with Crippen LogP contribution in [0.1, 0.15) is 5.69 Å². The molecule has 1 aromatic heterocycles. The minimum Gasteiger partial charge on any atom is -0.495 e. The van der Waals surface area contributed by atoms with Crippen molar-refractivity contribution in [2.24, 2.45) is 0 Å². The predicted molar refractivity (Wildman–Crippen MR) is 43.3 cm³/mol. The summed E-state index contributed by atoms with van der Waals surface area (Å²) in [5, 5.41) is 0. The largest absolute Gasteiger partial charge is 0.495 e. The van der Waals surface area contributed by atoms with Gasteiger partial charge in [0.15, 0.2) is 0 Å². The fourth-order valence-electron chi connectivity index (χ4n) is 0.741. The maximum Gasteiger partial charge on any atom is 0.137 e. The number of pyridine rings is 1. The molecule has 0 aliphatic carbocycles. The first kappa shape index (κ1) is 7.62. The molecule has 0 amide bonds. The van der Waals surface area contributed by atoms with E-state index in [0.717, 1.165) is 11.4 Å². The van der Waals surface area contributed by atoms with E-state index >= 15 is 0 Å². The lowest BCUT2D eigenvalue weighted by Gasteiger charge is -1.98. The number of hydrogen-bond donors (Lipinski definition) is 0. The number of aromatic nitrogens is 1. The molecule has 0 saturated heterocycles. The van der Waals surface area contributed by atoms with E-state index in [1.54, 1.807) is 13.3 Å². The zero-order chi connectivity index (χ0) is 8.10. The molecule has 1 aromatic rings. The zero-order valence-corrected chi connectivity index (χ0v) is 6.37. The third-order valence-corrected chi connectivity index (χ3v) is 1.32. The van der Waals surface area contributed by atoms with Gasteiger partial charge in [0.1, 0.15) is 5.75 Å². The molecule has 0 aliphatic heterocycles. The summed E-state index contributed by atoms with van der Waals surface area (Å²) in [6.45, 7) is 0.